The molecule has 1 aromatic heterocycles. The number of hydrogen-bond acceptors (Lipinski definition) is 4. The van der Waals surface area contributed by atoms with Crippen LogP contribution in [0.25, 0.3) is 0 Å². The summed E-state index contributed by atoms with van der Waals surface area (Å²) in [5.74, 6) is -0.193. The number of aromatic nitrogens is 1. The van der Waals surface area contributed by atoms with E-state index in [2.05, 4.69) is 48.5 Å². The highest BCUT2D eigenvalue weighted by atomic mass is 16.1. The summed E-state index contributed by atoms with van der Waals surface area (Å²) < 4.78 is 0. The van der Waals surface area contributed by atoms with Crippen molar-refractivity contribution in [2.75, 3.05) is 29.6 Å². The number of rotatable bonds is 5. The molecule has 2 N–H and O–H groups in total. The van der Waals surface area contributed by atoms with Crippen molar-refractivity contribution in [2.24, 2.45) is 0 Å². The number of carbonyl (C=O) groups is 1. The quantitative estimate of drug-likeness (QED) is 0.611. The van der Waals surface area contributed by atoms with Crippen molar-refractivity contribution in [2.45, 2.75) is 26.2 Å². The van der Waals surface area contributed by atoms with Crippen molar-refractivity contribution in [1.82, 2.24) is 4.98 Å². The number of amides is 1. The molecule has 150 valence electrons. The molecular weight excluding hydrogens is 360 g/mol. The first-order valence-electron chi connectivity index (χ1n) is 9.64. The van der Waals surface area contributed by atoms with E-state index in [-0.39, 0.29) is 11.3 Å². The lowest BCUT2D eigenvalue weighted by atomic mass is 9.87. The van der Waals surface area contributed by atoms with Gasteiger partial charge in [0.2, 0.25) is 0 Å². The first-order valence-corrected chi connectivity index (χ1v) is 9.64. The Bertz CT molecular complexity index is 971. The number of pyridine rings is 1. The second-order valence-corrected chi connectivity index (χ2v) is 8.31. The molecule has 0 spiro atoms. The maximum atomic E-state index is 12.6. The van der Waals surface area contributed by atoms with Gasteiger partial charge >= 0.3 is 0 Å². The molecule has 0 saturated heterocycles. The molecule has 0 saturated carbocycles. The van der Waals surface area contributed by atoms with Crippen LogP contribution in [0.1, 0.15) is 36.7 Å². The molecule has 29 heavy (non-hydrogen) atoms. The fourth-order valence-corrected chi connectivity index (χ4v) is 2.90. The van der Waals surface area contributed by atoms with E-state index in [4.69, 9.17) is 0 Å². The Morgan fingerprint density at radius 3 is 2.07 bits per heavy atom. The maximum absolute atomic E-state index is 12.6. The molecule has 3 rings (SSSR count). The van der Waals surface area contributed by atoms with Gasteiger partial charge in [-0.05, 0) is 53.4 Å². The molecule has 5 heteroatoms. The third kappa shape index (κ3) is 5.35. The predicted octanol–water partition coefficient (Wildman–Crippen LogP) is 5.44. The molecular formula is C24H28N4O. The molecule has 0 aliphatic rings. The third-order valence-corrected chi connectivity index (χ3v) is 4.68. The molecule has 1 amide bonds. The summed E-state index contributed by atoms with van der Waals surface area (Å²) in [6.45, 7) is 6.57. The molecule has 5 nitrogen and oxygen atoms in total. The van der Waals surface area contributed by atoms with Crippen LogP contribution in [0.4, 0.5) is 22.7 Å². The van der Waals surface area contributed by atoms with Crippen LogP contribution in [0.2, 0.25) is 0 Å². The van der Waals surface area contributed by atoms with Gasteiger partial charge in [-0.3, -0.25) is 9.78 Å². The normalized spacial score (nSPS) is 11.1. The Morgan fingerprint density at radius 1 is 0.862 bits per heavy atom. The topological polar surface area (TPSA) is 57.3 Å². The second-order valence-electron chi connectivity index (χ2n) is 8.31. The van der Waals surface area contributed by atoms with Crippen LogP contribution in [-0.4, -0.2) is 25.0 Å². The minimum absolute atomic E-state index is 0.114. The lowest BCUT2D eigenvalue weighted by Gasteiger charge is -2.19. The molecule has 0 bridgehead atoms. The Labute approximate surface area is 172 Å². The average molecular weight is 389 g/mol. The van der Waals surface area contributed by atoms with Crippen LogP contribution in [0.15, 0.2) is 67.0 Å². The van der Waals surface area contributed by atoms with Crippen LogP contribution >= 0.6 is 0 Å². The monoisotopic (exact) mass is 388 g/mol. The summed E-state index contributed by atoms with van der Waals surface area (Å²) >= 11 is 0. The van der Waals surface area contributed by atoms with Crippen molar-refractivity contribution in [3.8, 4) is 0 Å². The van der Waals surface area contributed by atoms with Crippen molar-refractivity contribution in [1.29, 1.82) is 0 Å². The molecule has 0 atom stereocenters. The Balaban J connectivity index is 1.69. The maximum Gasteiger partial charge on any atom is 0.257 e. The molecule has 2 aromatic carbocycles. The van der Waals surface area contributed by atoms with E-state index >= 15 is 0 Å². The van der Waals surface area contributed by atoms with E-state index in [1.807, 2.05) is 55.4 Å². The van der Waals surface area contributed by atoms with Gasteiger partial charge in [-0.25, -0.2) is 0 Å². The summed E-state index contributed by atoms with van der Waals surface area (Å²) in [6, 6.07) is 17.8. The summed E-state index contributed by atoms with van der Waals surface area (Å²) in [7, 11) is 3.96. The van der Waals surface area contributed by atoms with Gasteiger partial charge in [-0.15, -0.1) is 0 Å². The molecule has 0 radical (unpaired) electrons. The van der Waals surface area contributed by atoms with Crippen molar-refractivity contribution < 1.29 is 4.79 Å². The number of hydrogen-bond donors (Lipinski definition) is 2. The molecule has 0 aliphatic heterocycles. The van der Waals surface area contributed by atoms with Gasteiger partial charge in [-0.2, -0.15) is 0 Å². The second kappa shape index (κ2) is 8.35. The van der Waals surface area contributed by atoms with Crippen LogP contribution in [0.3, 0.4) is 0 Å². The van der Waals surface area contributed by atoms with Gasteiger partial charge < -0.3 is 15.5 Å². The highest BCUT2D eigenvalue weighted by molar-refractivity contribution is 6.04. The highest BCUT2D eigenvalue weighted by Gasteiger charge is 2.13. The van der Waals surface area contributed by atoms with Crippen molar-refractivity contribution in [3.63, 3.8) is 0 Å². The van der Waals surface area contributed by atoms with E-state index in [0.717, 1.165) is 22.7 Å². The minimum Gasteiger partial charge on any atom is -0.378 e. The smallest absolute Gasteiger partial charge is 0.257 e. The Hall–Kier alpha value is -3.34. The molecule has 1 heterocycles. The number of benzene rings is 2. The fourth-order valence-electron chi connectivity index (χ4n) is 2.90. The van der Waals surface area contributed by atoms with E-state index in [1.165, 1.54) is 5.56 Å². The molecule has 3 aromatic rings. The zero-order chi connectivity index (χ0) is 21.0. The van der Waals surface area contributed by atoms with Crippen LogP contribution in [0.5, 0.6) is 0 Å². The zero-order valence-electron chi connectivity index (χ0n) is 17.7. The van der Waals surface area contributed by atoms with Crippen molar-refractivity contribution in [3.05, 3.63) is 78.1 Å². The predicted molar refractivity (Wildman–Crippen MR) is 121 cm³/mol. The lowest BCUT2D eigenvalue weighted by molar-refractivity contribution is 0.102. The number of nitrogens with one attached hydrogen (secondary N) is 2. The summed E-state index contributed by atoms with van der Waals surface area (Å²) in [5, 5.41) is 6.23. The first-order chi connectivity index (χ1) is 13.7. The van der Waals surface area contributed by atoms with Crippen LogP contribution < -0.4 is 15.5 Å². The third-order valence-electron chi connectivity index (χ3n) is 4.68. The largest absolute Gasteiger partial charge is 0.378 e. The summed E-state index contributed by atoms with van der Waals surface area (Å²) in [4.78, 5) is 18.8. The average Bonchev–Trinajstić information content (AvgIpc) is 2.68. The van der Waals surface area contributed by atoms with Gasteiger partial charge in [0.15, 0.2) is 0 Å². The Kier molecular flexibility index (Phi) is 5.87. The van der Waals surface area contributed by atoms with Crippen LogP contribution in [0, 0.1) is 0 Å². The van der Waals surface area contributed by atoms with Crippen molar-refractivity contribution >= 4 is 28.7 Å². The number of anilines is 4. The van der Waals surface area contributed by atoms with Gasteiger partial charge in [0.25, 0.3) is 5.91 Å². The van der Waals surface area contributed by atoms with E-state index in [9.17, 15) is 4.79 Å². The van der Waals surface area contributed by atoms with Gasteiger partial charge in [0.05, 0.1) is 17.4 Å². The van der Waals surface area contributed by atoms with Gasteiger partial charge in [0.1, 0.15) is 0 Å². The van der Waals surface area contributed by atoms with E-state index in [0.29, 0.717) is 5.56 Å². The first kappa shape index (κ1) is 20.4. The minimum atomic E-state index is -0.193. The molecule has 0 fully saturated rings. The standard InChI is InChI=1S/C24H28N4O/c1-24(2,3)18-6-8-19(9-7-18)26-21-14-17(15-25-16-21)23(29)27-20-10-12-22(13-11-20)28(4)5/h6-16,26H,1-5H3,(H,27,29). The fraction of sp³-hybridized carbons (Fsp3) is 0.250. The van der Waals surface area contributed by atoms with Gasteiger partial charge in [0, 0.05) is 37.4 Å². The summed E-state index contributed by atoms with van der Waals surface area (Å²) in [6.07, 6.45) is 3.28. The number of nitrogens with zero attached hydrogens (tertiary/aromatic N) is 2. The lowest BCUT2D eigenvalue weighted by Crippen LogP contribution is -2.13. The highest BCUT2D eigenvalue weighted by Crippen LogP contribution is 2.25. The number of carbonyl (C=O) groups excluding carboxylic acids is 1. The molecule has 0 unspecified atom stereocenters. The van der Waals surface area contributed by atoms with Gasteiger partial charge in [-0.1, -0.05) is 32.9 Å². The van der Waals surface area contributed by atoms with Crippen LogP contribution in [-0.2, 0) is 5.41 Å². The van der Waals surface area contributed by atoms with E-state index < -0.39 is 0 Å². The SMILES string of the molecule is CN(C)c1ccc(NC(=O)c2cncc(Nc3ccc(C(C)(C)C)cc3)c2)cc1. The van der Waals surface area contributed by atoms with E-state index in [1.54, 1.807) is 18.5 Å². The zero-order valence-corrected chi connectivity index (χ0v) is 17.7. The Morgan fingerprint density at radius 2 is 1.48 bits per heavy atom. The summed E-state index contributed by atoms with van der Waals surface area (Å²) in [5.41, 5.74) is 5.43. The molecule has 0 aliphatic carbocycles.